The van der Waals surface area contributed by atoms with Crippen LogP contribution < -0.4 is 0 Å². The first-order valence-electron chi connectivity index (χ1n) is 5.44. The second-order valence-electron chi connectivity index (χ2n) is 4.67. The van der Waals surface area contributed by atoms with E-state index in [2.05, 4.69) is 16.0 Å². The van der Waals surface area contributed by atoms with Gasteiger partial charge in [-0.3, -0.25) is 0 Å². The van der Waals surface area contributed by atoms with E-state index in [1.807, 2.05) is 34.0 Å². The smallest absolute Gasteiger partial charge is 0.123 e. The van der Waals surface area contributed by atoms with Crippen LogP contribution in [0.4, 0.5) is 0 Å². The molecule has 86 valence electrons. The predicted molar refractivity (Wildman–Crippen MR) is 66.8 cm³/mol. The Labute approximate surface area is 95.7 Å². The summed E-state index contributed by atoms with van der Waals surface area (Å²) in [5.74, 6) is 0.417. The molecule has 3 heteroatoms. The molecule has 0 bridgehead atoms. The summed E-state index contributed by atoms with van der Waals surface area (Å²) in [4.78, 5) is 5.38. The molecule has 2 rings (SSSR count). The Balaban J connectivity index is 2.70. The maximum atomic E-state index is 10.1. The summed E-state index contributed by atoms with van der Waals surface area (Å²) in [5.41, 5.74) is 4.15. The molecule has 0 spiro atoms. The van der Waals surface area contributed by atoms with Crippen molar-refractivity contribution in [1.82, 2.24) is 9.88 Å². The maximum Gasteiger partial charge on any atom is 0.123 e. The highest BCUT2D eigenvalue weighted by molar-refractivity contribution is 5.87. The van der Waals surface area contributed by atoms with Crippen LogP contribution in [0.15, 0.2) is 12.1 Å². The number of phenols is 1. The zero-order chi connectivity index (χ0) is 11.9. The van der Waals surface area contributed by atoms with Crippen LogP contribution in [-0.2, 0) is 6.54 Å². The van der Waals surface area contributed by atoms with Gasteiger partial charge in [-0.1, -0.05) is 0 Å². The molecular weight excluding hydrogens is 200 g/mol. The van der Waals surface area contributed by atoms with Gasteiger partial charge >= 0.3 is 0 Å². The van der Waals surface area contributed by atoms with Crippen LogP contribution in [0.1, 0.15) is 16.8 Å². The first-order chi connectivity index (χ1) is 7.49. The highest BCUT2D eigenvalue weighted by Crippen LogP contribution is 2.31. The number of phenolic OH excluding ortho intramolecular Hbond substituents is 1. The highest BCUT2D eigenvalue weighted by Gasteiger charge is 2.12. The van der Waals surface area contributed by atoms with Crippen LogP contribution in [0.2, 0.25) is 0 Å². The maximum absolute atomic E-state index is 10.1. The fourth-order valence-electron chi connectivity index (χ4n) is 2.10. The van der Waals surface area contributed by atoms with E-state index in [0.29, 0.717) is 5.75 Å². The molecule has 1 aromatic heterocycles. The Kier molecular flexibility index (Phi) is 2.64. The summed E-state index contributed by atoms with van der Waals surface area (Å²) in [6.45, 7) is 4.72. The number of H-pyrrole nitrogens is 1. The number of nitrogens with zero attached hydrogens (tertiary/aromatic N) is 1. The van der Waals surface area contributed by atoms with Gasteiger partial charge in [0.05, 0.1) is 0 Å². The third-order valence-electron chi connectivity index (χ3n) is 2.80. The van der Waals surface area contributed by atoms with E-state index in [1.165, 1.54) is 0 Å². The summed E-state index contributed by atoms with van der Waals surface area (Å²) in [5, 5.41) is 11.2. The summed E-state index contributed by atoms with van der Waals surface area (Å²) < 4.78 is 0. The molecule has 2 aromatic rings. The van der Waals surface area contributed by atoms with Crippen molar-refractivity contribution in [2.75, 3.05) is 14.1 Å². The second-order valence-corrected chi connectivity index (χ2v) is 4.67. The standard InChI is InChI=1S/C13H18N2O/c1-8-5-12-10(6-9(2)14-12)11(13(8)16)7-15(3)4/h5-6,14,16H,7H2,1-4H3. The Morgan fingerprint density at radius 3 is 2.56 bits per heavy atom. The zero-order valence-electron chi connectivity index (χ0n) is 10.3. The first kappa shape index (κ1) is 11.0. The molecule has 0 atom stereocenters. The van der Waals surface area contributed by atoms with Crippen molar-refractivity contribution in [3.63, 3.8) is 0 Å². The van der Waals surface area contributed by atoms with Crippen LogP contribution in [0.25, 0.3) is 10.9 Å². The van der Waals surface area contributed by atoms with Crippen molar-refractivity contribution in [3.05, 3.63) is 29.0 Å². The van der Waals surface area contributed by atoms with Crippen molar-refractivity contribution in [3.8, 4) is 5.75 Å². The molecule has 0 aliphatic carbocycles. The molecule has 16 heavy (non-hydrogen) atoms. The largest absolute Gasteiger partial charge is 0.507 e. The number of rotatable bonds is 2. The SMILES string of the molecule is Cc1cc2c(CN(C)C)c(O)c(C)cc2[nH]1. The number of hydrogen-bond donors (Lipinski definition) is 2. The number of fused-ring (bicyclic) bond motifs is 1. The minimum Gasteiger partial charge on any atom is -0.507 e. The zero-order valence-corrected chi connectivity index (χ0v) is 10.3. The van der Waals surface area contributed by atoms with E-state index in [0.717, 1.165) is 34.3 Å². The summed E-state index contributed by atoms with van der Waals surface area (Å²) >= 11 is 0. The monoisotopic (exact) mass is 218 g/mol. The van der Waals surface area contributed by atoms with Gasteiger partial charge in [0.1, 0.15) is 5.75 Å². The molecule has 2 N–H and O–H groups in total. The topological polar surface area (TPSA) is 39.3 Å². The van der Waals surface area contributed by atoms with Gasteiger partial charge in [-0.05, 0) is 45.6 Å². The normalized spacial score (nSPS) is 11.6. The molecule has 0 aliphatic heterocycles. The molecule has 0 saturated heterocycles. The number of aromatic hydroxyl groups is 1. The minimum absolute atomic E-state index is 0.417. The van der Waals surface area contributed by atoms with Gasteiger partial charge in [0.15, 0.2) is 0 Å². The average Bonchev–Trinajstić information content (AvgIpc) is 2.53. The average molecular weight is 218 g/mol. The van der Waals surface area contributed by atoms with Crippen LogP contribution in [0.5, 0.6) is 5.75 Å². The van der Waals surface area contributed by atoms with E-state index in [-0.39, 0.29) is 0 Å². The third kappa shape index (κ3) is 1.78. The molecule has 0 radical (unpaired) electrons. The van der Waals surface area contributed by atoms with Gasteiger partial charge in [-0.15, -0.1) is 0 Å². The first-order valence-corrected chi connectivity index (χ1v) is 5.44. The quantitative estimate of drug-likeness (QED) is 0.813. The van der Waals surface area contributed by atoms with Crippen molar-refractivity contribution in [2.45, 2.75) is 20.4 Å². The number of aromatic amines is 1. The van der Waals surface area contributed by atoms with Crippen LogP contribution >= 0.6 is 0 Å². The van der Waals surface area contributed by atoms with E-state index in [9.17, 15) is 5.11 Å². The Hall–Kier alpha value is -1.48. The highest BCUT2D eigenvalue weighted by atomic mass is 16.3. The van der Waals surface area contributed by atoms with E-state index in [1.54, 1.807) is 0 Å². The summed E-state index contributed by atoms with van der Waals surface area (Å²) in [7, 11) is 4.01. The molecule has 0 unspecified atom stereocenters. The third-order valence-corrected chi connectivity index (χ3v) is 2.80. The molecule has 0 saturated carbocycles. The van der Waals surface area contributed by atoms with Gasteiger partial charge < -0.3 is 15.0 Å². The fourth-order valence-corrected chi connectivity index (χ4v) is 2.10. The molecular formula is C13H18N2O. The van der Waals surface area contributed by atoms with Crippen molar-refractivity contribution in [1.29, 1.82) is 0 Å². The van der Waals surface area contributed by atoms with Gasteiger partial charge in [0.2, 0.25) is 0 Å². The minimum atomic E-state index is 0.417. The van der Waals surface area contributed by atoms with Crippen molar-refractivity contribution < 1.29 is 5.11 Å². The number of benzene rings is 1. The molecule has 0 amide bonds. The Morgan fingerprint density at radius 1 is 1.25 bits per heavy atom. The van der Waals surface area contributed by atoms with Gasteiger partial charge in [-0.25, -0.2) is 0 Å². The Morgan fingerprint density at radius 2 is 1.94 bits per heavy atom. The van der Waals surface area contributed by atoms with Crippen molar-refractivity contribution >= 4 is 10.9 Å². The Bertz CT molecular complexity index is 526. The van der Waals surface area contributed by atoms with Crippen LogP contribution in [0.3, 0.4) is 0 Å². The summed E-state index contributed by atoms with van der Waals surface area (Å²) in [6.07, 6.45) is 0. The lowest BCUT2D eigenvalue weighted by atomic mass is 10.0. The lowest BCUT2D eigenvalue weighted by Gasteiger charge is -2.14. The van der Waals surface area contributed by atoms with Gasteiger partial charge in [0.25, 0.3) is 0 Å². The van der Waals surface area contributed by atoms with Crippen LogP contribution in [-0.4, -0.2) is 29.1 Å². The van der Waals surface area contributed by atoms with E-state index in [4.69, 9.17) is 0 Å². The lowest BCUT2D eigenvalue weighted by molar-refractivity contribution is 0.387. The fraction of sp³-hybridized carbons (Fsp3) is 0.385. The number of aryl methyl sites for hydroxylation is 2. The second kappa shape index (κ2) is 3.83. The molecule has 1 heterocycles. The van der Waals surface area contributed by atoms with Crippen molar-refractivity contribution in [2.24, 2.45) is 0 Å². The van der Waals surface area contributed by atoms with Gasteiger partial charge in [0, 0.05) is 28.7 Å². The summed E-state index contributed by atoms with van der Waals surface area (Å²) in [6, 6.07) is 4.09. The van der Waals surface area contributed by atoms with Crippen LogP contribution in [0, 0.1) is 13.8 Å². The number of hydrogen-bond acceptors (Lipinski definition) is 2. The van der Waals surface area contributed by atoms with E-state index >= 15 is 0 Å². The number of nitrogens with one attached hydrogen (secondary N) is 1. The molecule has 1 aromatic carbocycles. The molecule has 3 nitrogen and oxygen atoms in total. The van der Waals surface area contributed by atoms with E-state index < -0.39 is 0 Å². The lowest BCUT2D eigenvalue weighted by Crippen LogP contribution is -2.11. The molecule has 0 fully saturated rings. The van der Waals surface area contributed by atoms with Gasteiger partial charge in [-0.2, -0.15) is 0 Å². The predicted octanol–water partition coefficient (Wildman–Crippen LogP) is 2.55. The number of aromatic nitrogens is 1. The molecule has 0 aliphatic rings.